The number of rotatable bonds is 4. The number of aromatic nitrogens is 4. The zero-order chi connectivity index (χ0) is 40.8. The Labute approximate surface area is 362 Å². The van der Waals surface area contributed by atoms with Crippen molar-refractivity contribution in [3.63, 3.8) is 0 Å². The zero-order valence-corrected chi connectivity index (χ0v) is 33.9. The Morgan fingerprint density at radius 2 is 1.21 bits per heavy atom. The van der Waals surface area contributed by atoms with Crippen LogP contribution >= 0.6 is 11.8 Å². The first-order valence-corrected chi connectivity index (χ1v) is 21.5. The molecule has 290 valence electrons. The number of pyridine rings is 4. The number of anilines is 3. The van der Waals surface area contributed by atoms with E-state index in [2.05, 4.69) is 174 Å². The fraction of sp³-hybridized carbons (Fsp3) is 0.0182. The standard InChI is InChI=1S/C55H33N5OS/c1-3-19-45(38(15-1)34-27-31-56-32-28-34)60-46-20-4-6-22-49(46)62-54-47(60)26-24-43-53(54)61-48-21-5-2-17-40(48)55(43)41-18-10-30-58-51(41)52-42(55)23-25-44(59-52)37-13-7-12-36(33-37)39-16-8-11-35-14-9-29-57-50(35)39/h1-33H. The number of ether oxygens (including phenoxy) is 1. The molecule has 6 aromatic carbocycles. The Kier molecular flexibility index (Phi) is 7.65. The van der Waals surface area contributed by atoms with Crippen LogP contribution in [0.1, 0.15) is 22.3 Å². The normalized spacial score (nSPS) is 15.2. The van der Waals surface area contributed by atoms with Gasteiger partial charge in [0.2, 0.25) is 0 Å². The second-order valence-corrected chi connectivity index (χ2v) is 16.8. The number of hydrogen-bond donors (Lipinski definition) is 0. The number of para-hydroxylation sites is 4. The highest BCUT2D eigenvalue weighted by Gasteiger charge is 2.53. The predicted octanol–water partition coefficient (Wildman–Crippen LogP) is 13.8. The average Bonchev–Trinajstić information content (AvgIpc) is 3.63. The molecule has 0 N–H and O–H groups in total. The summed E-state index contributed by atoms with van der Waals surface area (Å²) in [5, 5.41) is 1.11. The molecule has 0 saturated heterocycles. The molecule has 13 rings (SSSR count). The lowest BCUT2D eigenvalue weighted by Gasteiger charge is -2.42. The molecule has 7 heteroatoms. The number of fused-ring (bicyclic) bond motifs is 13. The lowest BCUT2D eigenvalue weighted by molar-refractivity contribution is 0.426. The van der Waals surface area contributed by atoms with Gasteiger partial charge in [0.1, 0.15) is 11.5 Å². The first-order valence-electron chi connectivity index (χ1n) is 20.7. The summed E-state index contributed by atoms with van der Waals surface area (Å²) in [6.45, 7) is 0. The minimum absolute atomic E-state index is 0.739. The highest BCUT2D eigenvalue weighted by Crippen LogP contribution is 2.65. The van der Waals surface area contributed by atoms with Gasteiger partial charge in [0.25, 0.3) is 0 Å². The van der Waals surface area contributed by atoms with Gasteiger partial charge in [-0.15, -0.1) is 0 Å². The van der Waals surface area contributed by atoms with Crippen LogP contribution in [0.4, 0.5) is 17.1 Å². The van der Waals surface area contributed by atoms with E-state index in [4.69, 9.17) is 19.7 Å². The van der Waals surface area contributed by atoms with Gasteiger partial charge in [-0.05, 0) is 89.0 Å². The average molecular weight is 812 g/mol. The van der Waals surface area contributed by atoms with E-state index in [0.29, 0.717) is 0 Å². The molecule has 0 fully saturated rings. The number of hydrogen-bond acceptors (Lipinski definition) is 7. The molecule has 10 aromatic rings. The molecule has 0 radical (unpaired) electrons. The monoisotopic (exact) mass is 811 g/mol. The van der Waals surface area contributed by atoms with E-state index >= 15 is 0 Å². The van der Waals surface area contributed by atoms with Gasteiger partial charge in [-0.1, -0.05) is 121 Å². The lowest BCUT2D eigenvalue weighted by atomic mass is 9.66. The van der Waals surface area contributed by atoms with Gasteiger partial charge in [0.15, 0.2) is 0 Å². The second kappa shape index (κ2) is 13.6. The summed E-state index contributed by atoms with van der Waals surface area (Å²) < 4.78 is 7.18. The van der Waals surface area contributed by atoms with E-state index < -0.39 is 5.41 Å². The molecule has 1 aliphatic carbocycles. The fourth-order valence-electron chi connectivity index (χ4n) is 9.92. The van der Waals surface area contributed by atoms with Crippen LogP contribution in [-0.4, -0.2) is 19.9 Å². The van der Waals surface area contributed by atoms with Gasteiger partial charge in [-0.2, -0.15) is 0 Å². The molecule has 62 heavy (non-hydrogen) atoms. The smallest absolute Gasteiger partial charge is 0.148 e. The van der Waals surface area contributed by atoms with Crippen LogP contribution in [0.5, 0.6) is 11.5 Å². The third kappa shape index (κ3) is 5.00. The lowest BCUT2D eigenvalue weighted by Crippen LogP contribution is -2.33. The topological polar surface area (TPSA) is 64.0 Å². The van der Waals surface area contributed by atoms with Crippen LogP contribution in [-0.2, 0) is 5.41 Å². The molecule has 2 aliphatic heterocycles. The highest BCUT2D eigenvalue weighted by molar-refractivity contribution is 7.99. The molecule has 6 nitrogen and oxygen atoms in total. The van der Waals surface area contributed by atoms with Crippen molar-refractivity contribution in [2.24, 2.45) is 0 Å². The van der Waals surface area contributed by atoms with Crippen LogP contribution in [0.15, 0.2) is 211 Å². The van der Waals surface area contributed by atoms with Gasteiger partial charge in [-0.3, -0.25) is 15.0 Å². The van der Waals surface area contributed by atoms with E-state index in [9.17, 15) is 0 Å². The van der Waals surface area contributed by atoms with Crippen LogP contribution in [0.2, 0.25) is 0 Å². The molecule has 0 amide bonds. The van der Waals surface area contributed by atoms with Crippen molar-refractivity contribution in [1.29, 1.82) is 0 Å². The van der Waals surface area contributed by atoms with Crippen molar-refractivity contribution in [3.8, 4) is 56.4 Å². The Bertz CT molecular complexity index is 3460. The van der Waals surface area contributed by atoms with Gasteiger partial charge in [-0.25, -0.2) is 4.98 Å². The largest absolute Gasteiger partial charge is 0.455 e. The molecule has 1 atom stereocenters. The van der Waals surface area contributed by atoms with Crippen molar-refractivity contribution in [2.75, 3.05) is 4.90 Å². The molecule has 0 saturated carbocycles. The molecular formula is C55H33N5OS. The van der Waals surface area contributed by atoms with E-state index in [1.165, 1.54) is 0 Å². The number of benzene rings is 6. The van der Waals surface area contributed by atoms with E-state index in [1.54, 1.807) is 11.8 Å². The Balaban J connectivity index is 1.02. The summed E-state index contributed by atoms with van der Waals surface area (Å²) in [6, 6.07) is 62.2. The summed E-state index contributed by atoms with van der Waals surface area (Å²) in [7, 11) is 0. The summed E-state index contributed by atoms with van der Waals surface area (Å²) in [5.41, 5.74) is 15.9. The molecule has 3 aliphatic rings. The minimum atomic E-state index is -0.739. The molecular weight excluding hydrogens is 779 g/mol. The van der Waals surface area contributed by atoms with Crippen LogP contribution in [0.3, 0.4) is 0 Å². The van der Waals surface area contributed by atoms with E-state index in [1.807, 2.05) is 36.9 Å². The Morgan fingerprint density at radius 3 is 2.16 bits per heavy atom. The van der Waals surface area contributed by atoms with Crippen molar-refractivity contribution >= 4 is 39.7 Å². The first kappa shape index (κ1) is 34.9. The summed E-state index contributed by atoms with van der Waals surface area (Å²) in [6.07, 6.45) is 7.45. The predicted molar refractivity (Wildman–Crippen MR) is 248 cm³/mol. The number of nitrogens with zero attached hydrogens (tertiary/aromatic N) is 5. The van der Waals surface area contributed by atoms with Gasteiger partial charge >= 0.3 is 0 Å². The SMILES string of the molecule is c1cc(-c2ccc3c(n2)-c2ncccc2C32c3ccccc3Oc3c2ccc2c3Sc3ccccc3N2c2ccccc2-c2ccncc2)cc(-c2cccc3cccnc23)c1. The first-order chi connectivity index (χ1) is 30.8. The third-order valence-corrected chi connectivity index (χ3v) is 13.7. The maximum Gasteiger partial charge on any atom is 0.148 e. The van der Waals surface area contributed by atoms with Gasteiger partial charge in [0, 0.05) is 62.9 Å². The van der Waals surface area contributed by atoms with Gasteiger partial charge < -0.3 is 9.64 Å². The Hall–Kier alpha value is -7.87. The maximum absolute atomic E-state index is 7.18. The summed E-state index contributed by atoms with van der Waals surface area (Å²) in [5.74, 6) is 1.66. The Morgan fingerprint density at radius 1 is 0.484 bits per heavy atom. The second-order valence-electron chi connectivity index (χ2n) is 15.8. The fourth-order valence-corrected chi connectivity index (χ4v) is 11.1. The molecule has 4 aromatic heterocycles. The summed E-state index contributed by atoms with van der Waals surface area (Å²) >= 11 is 1.76. The van der Waals surface area contributed by atoms with Gasteiger partial charge in [0.05, 0.1) is 50.0 Å². The quantitative estimate of drug-likeness (QED) is 0.175. The van der Waals surface area contributed by atoms with Crippen LogP contribution in [0.25, 0.3) is 55.8 Å². The molecule has 6 heterocycles. The molecule has 0 bridgehead atoms. The van der Waals surface area contributed by atoms with E-state index in [-0.39, 0.29) is 0 Å². The molecule has 1 spiro atoms. The van der Waals surface area contributed by atoms with Crippen LogP contribution in [0, 0.1) is 0 Å². The molecule has 1 unspecified atom stereocenters. The highest BCUT2D eigenvalue weighted by atomic mass is 32.2. The van der Waals surface area contributed by atoms with Crippen molar-refractivity contribution in [1.82, 2.24) is 19.9 Å². The maximum atomic E-state index is 7.18. The van der Waals surface area contributed by atoms with Crippen molar-refractivity contribution in [2.45, 2.75) is 15.2 Å². The van der Waals surface area contributed by atoms with Crippen LogP contribution < -0.4 is 9.64 Å². The summed E-state index contributed by atoms with van der Waals surface area (Å²) in [4.78, 5) is 24.3. The van der Waals surface area contributed by atoms with Crippen molar-refractivity contribution < 1.29 is 4.74 Å². The zero-order valence-electron chi connectivity index (χ0n) is 33.1. The van der Waals surface area contributed by atoms with E-state index in [0.717, 1.165) is 116 Å². The third-order valence-electron chi connectivity index (χ3n) is 12.5. The van der Waals surface area contributed by atoms with Crippen molar-refractivity contribution in [3.05, 3.63) is 223 Å². The minimum Gasteiger partial charge on any atom is -0.455 e.